The zero-order valence-corrected chi connectivity index (χ0v) is 24.0. The van der Waals surface area contributed by atoms with Crippen LogP contribution in [-0.4, -0.2) is 48.7 Å². The third-order valence-corrected chi connectivity index (χ3v) is 7.89. The van der Waals surface area contributed by atoms with Crippen molar-refractivity contribution in [2.45, 2.75) is 20.1 Å². The van der Waals surface area contributed by atoms with E-state index in [0.717, 1.165) is 71.9 Å². The molecule has 5 rings (SSSR count). The Hall–Kier alpha value is -4.25. The molecule has 0 saturated carbocycles. The van der Waals surface area contributed by atoms with E-state index in [1.807, 2.05) is 44.4 Å². The Labute approximate surface area is 236 Å². The van der Waals surface area contributed by atoms with Crippen LogP contribution in [0.2, 0.25) is 0 Å². The lowest BCUT2D eigenvalue weighted by atomic mass is 9.83. The van der Waals surface area contributed by atoms with E-state index in [9.17, 15) is 10.2 Å². The fourth-order valence-electron chi connectivity index (χ4n) is 5.74. The second kappa shape index (κ2) is 11.1. The van der Waals surface area contributed by atoms with Crippen LogP contribution in [0.1, 0.15) is 27.8 Å². The summed E-state index contributed by atoms with van der Waals surface area (Å²) in [5.41, 5.74) is 10.6. The Morgan fingerprint density at radius 1 is 0.850 bits per heavy atom. The lowest BCUT2D eigenvalue weighted by Crippen LogP contribution is -2.12. The van der Waals surface area contributed by atoms with Gasteiger partial charge in [-0.25, -0.2) is 4.58 Å². The molecule has 0 heterocycles. The number of hydrogen-bond acceptors (Lipinski definition) is 3. The molecule has 0 unspecified atom stereocenters. The second-order valence-electron chi connectivity index (χ2n) is 10.7. The van der Waals surface area contributed by atoms with E-state index in [0.29, 0.717) is 0 Å². The summed E-state index contributed by atoms with van der Waals surface area (Å²) in [7, 11) is 8.19. The number of benzene rings is 4. The first-order valence-corrected chi connectivity index (χ1v) is 13.6. The number of rotatable bonds is 6. The SMILES string of the molecule is C=CC1=CC(=[N+](C)C)C=C/C1=C(\c1ccc2c(CO)c3ccccc3c(CO)c2c1)c1ccc(N(C)C)cc1C. The van der Waals surface area contributed by atoms with Crippen molar-refractivity contribution in [2.75, 3.05) is 33.1 Å². The maximum Gasteiger partial charge on any atom is 0.200 e. The number of anilines is 1. The molecule has 40 heavy (non-hydrogen) atoms. The molecule has 202 valence electrons. The van der Waals surface area contributed by atoms with E-state index in [1.165, 1.54) is 5.56 Å². The van der Waals surface area contributed by atoms with Crippen molar-refractivity contribution in [2.24, 2.45) is 0 Å². The maximum absolute atomic E-state index is 10.6. The van der Waals surface area contributed by atoms with E-state index in [-0.39, 0.29) is 13.2 Å². The molecule has 2 N–H and O–H groups in total. The van der Waals surface area contributed by atoms with Gasteiger partial charge in [-0.3, -0.25) is 0 Å². The molecule has 4 nitrogen and oxygen atoms in total. The van der Waals surface area contributed by atoms with E-state index in [1.54, 1.807) is 0 Å². The zero-order valence-electron chi connectivity index (χ0n) is 24.0. The van der Waals surface area contributed by atoms with Gasteiger partial charge in [0.1, 0.15) is 14.1 Å². The van der Waals surface area contributed by atoms with E-state index in [2.05, 4.69) is 91.7 Å². The van der Waals surface area contributed by atoms with Gasteiger partial charge in [0.25, 0.3) is 0 Å². The third kappa shape index (κ3) is 4.70. The van der Waals surface area contributed by atoms with Crippen LogP contribution in [0.3, 0.4) is 0 Å². The molecule has 0 bridgehead atoms. The topological polar surface area (TPSA) is 46.7 Å². The Bertz CT molecular complexity index is 1780. The van der Waals surface area contributed by atoms with Crippen molar-refractivity contribution in [1.82, 2.24) is 0 Å². The fourth-order valence-corrected chi connectivity index (χ4v) is 5.74. The van der Waals surface area contributed by atoms with Gasteiger partial charge in [-0.05, 0) is 97.3 Å². The van der Waals surface area contributed by atoms with Gasteiger partial charge in [0.2, 0.25) is 0 Å². The largest absolute Gasteiger partial charge is 0.392 e. The predicted molar refractivity (Wildman–Crippen MR) is 169 cm³/mol. The molecule has 1 aliphatic rings. The van der Waals surface area contributed by atoms with Crippen molar-refractivity contribution >= 4 is 38.5 Å². The molecule has 0 fully saturated rings. The van der Waals surface area contributed by atoms with Crippen molar-refractivity contribution in [3.05, 3.63) is 131 Å². The van der Waals surface area contributed by atoms with Gasteiger partial charge in [-0.1, -0.05) is 55.1 Å². The number of nitrogens with zero attached hydrogens (tertiary/aromatic N) is 2. The van der Waals surface area contributed by atoms with E-state index < -0.39 is 0 Å². The summed E-state index contributed by atoms with van der Waals surface area (Å²) in [5.74, 6) is 0. The van der Waals surface area contributed by atoms with Crippen LogP contribution < -0.4 is 4.90 Å². The monoisotopic (exact) mass is 529 g/mol. The number of aliphatic hydroxyl groups is 2. The van der Waals surface area contributed by atoms with Crippen molar-refractivity contribution in [3.8, 4) is 0 Å². The number of aryl methyl sites for hydroxylation is 1. The van der Waals surface area contributed by atoms with Crippen LogP contribution in [0.5, 0.6) is 0 Å². The van der Waals surface area contributed by atoms with Gasteiger partial charge >= 0.3 is 0 Å². The summed E-state index contributed by atoms with van der Waals surface area (Å²) >= 11 is 0. The highest BCUT2D eigenvalue weighted by molar-refractivity contribution is 6.08. The molecule has 4 aromatic rings. The summed E-state index contributed by atoms with van der Waals surface area (Å²) in [4.78, 5) is 2.11. The molecule has 0 atom stereocenters. The molecule has 0 aliphatic heterocycles. The highest BCUT2D eigenvalue weighted by Crippen LogP contribution is 2.40. The minimum absolute atomic E-state index is 0.0731. The minimum Gasteiger partial charge on any atom is -0.392 e. The Morgan fingerprint density at radius 2 is 1.50 bits per heavy atom. The third-order valence-electron chi connectivity index (χ3n) is 7.89. The number of aliphatic hydroxyl groups excluding tert-OH is 2. The highest BCUT2D eigenvalue weighted by Gasteiger charge is 2.21. The molecule has 4 aromatic carbocycles. The smallest absolute Gasteiger partial charge is 0.200 e. The van der Waals surface area contributed by atoms with Gasteiger partial charge < -0.3 is 15.1 Å². The van der Waals surface area contributed by atoms with E-state index in [4.69, 9.17) is 0 Å². The molecule has 0 saturated heterocycles. The van der Waals surface area contributed by atoms with Crippen LogP contribution >= 0.6 is 0 Å². The molecule has 0 amide bonds. The molecule has 1 aliphatic carbocycles. The Kier molecular flexibility index (Phi) is 7.57. The molecular formula is C36H37N2O2+. The van der Waals surface area contributed by atoms with Crippen molar-refractivity contribution < 1.29 is 14.8 Å². The standard InChI is InChI=1S/C36H37N2O2/c1-7-24-19-27(38(5)6)14-17-29(24)36(28-16-13-26(37(3)4)18-23(28)2)25-12-15-32-33(20-25)35(22-40)31-11-9-8-10-30(31)34(32)21-39/h7-20,39-40H,1,21-22H2,2-6H3/q+1. The Balaban J connectivity index is 1.88. The average molecular weight is 530 g/mol. The quantitative estimate of drug-likeness (QED) is 0.220. The van der Waals surface area contributed by atoms with Crippen LogP contribution in [0.4, 0.5) is 5.69 Å². The number of fused-ring (bicyclic) bond motifs is 2. The van der Waals surface area contributed by atoms with Crippen LogP contribution in [0.15, 0.2) is 103 Å². The first-order chi connectivity index (χ1) is 19.3. The molecule has 0 spiro atoms. The molecule has 0 aromatic heterocycles. The van der Waals surface area contributed by atoms with Gasteiger partial charge in [-0.15, -0.1) is 0 Å². The van der Waals surface area contributed by atoms with Gasteiger partial charge in [-0.2, -0.15) is 0 Å². The maximum atomic E-state index is 10.6. The normalized spacial score (nSPS) is 14.5. The summed E-state index contributed by atoms with van der Waals surface area (Å²) in [6.07, 6.45) is 8.41. The summed E-state index contributed by atoms with van der Waals surface area (Å²) in [5, 5.41) is 24.8. The van der Waals surface area contributed by atoms with Crippen molar-refractivity contribution in [3.63, 3.8) is 0 Å². The number of hydrogen-bond donors (Lipinski definition) is 2. The van der Waals surface area contributed by atoms with E-state index >= 15 is 0 Å². The van der Waals surface area contributed by atoms with Gasteiger partial charge in [0, 0.05) is 31.9 Å². The lowest BCUT2D eigenvalue weighted by molar-refractivity contribution is -0.462. The fraction of sp³-hybridized carbons (Fsp3) is 0.194. The zero-order chi connectivity index (χ0) is 28.6. The molecular weight excluding hydrogens is 492 g/mol. The first kappa shape index (κ1) is 27.3. The van der Waals surface area contributed by atoms with Crippen LogP contribution in [0.25, 0.3) is 27.1 Å². The van der Waals surface area contributed by atoms with Crippen molar-refractivity contribution in [1.29, 1.82) is 0 Å². The lowest BCUT2D eigenvalue weighted by Gasteiger charge is -2.22. The Morgan fingerprint density at radius 3 is 2.08 bits per heavy atom. The average Bonchev–Trinajstić information content (AvgIpc) is 2.96. The first-order valence-electron chi connectivity index (χ1n) is 13.6. The second-order valence-corrected chi connectivity index (χ2v) is 10.7. The molecule has 0 radical (unpaired) electrons. The van der Waals surface area contributed by atoms with Gasteiger partial charge in [0.05, 0.1) is 13.2 Å². The summed E-state index contributed by atoms with van der Waals surface area (Å²) in [6, 6.07) is 21.0. The van der Waals surface area contributed by atoms with Crippen LogP contribution in [-0.2, 0) is 13.2 Å². The van der Waals surface area contributed by atoms with Gasteiger partial charge in [0.15, 0.2) is 5.71 Å². The van der Waals surface area contributed by atoms with Crippen LogP contribution in [0, 0.1) is 6.92 Å². The number of allylic oxidation sites excluding steroid dienone is 6. The molecule has 4 heteroatoms. The predicted octanol–water partition coefficient (Wildman–Crippen LogP) is 6.55. The highest BCUT2D eigenvalue weighted by atomic mass is 16.3. The summed E-state index contributed by atoms with van der Waals surface area (Å²) < 4.78 is 2.10. The minimum atomic E-state index is -0.0898. The summed E-state index contributed by atoms with van der Waals surface area (Å²) in [6.45, 7) is 6.15.